The number of benzene rings is 1. The van der Waals surface area contributed by atoms with Gasteiger partial charge >= 0.3 is 0 Å². The van der Waals surface area contributed by atoms with Crippen molar-refractivity contribution >= 4 is 0 Å². The van der Waals surface area contributed by atoms with Gasteiger partial charge in [0.25, 0.3) is 0 Å². The second kappa shape index (κ2) is 3.93. The molecule has 1 heteroatoms. The van der Waals surface area contributed by atoms with E-state index < -0.39 is 0 Å². The molecule has 1 radical (unpaired) electrons. The first-order chi connectivity index (χ1) is 6.12. The molecule has 0 heterocycles. The summed E-state index contributed by atoms with van der Waals surface area (Å²) >= 11 is 0. The van der Waals surface area contributed by atoms with Crippen molar-refractivity contribution in [3.05, 3.63) is 35.4 Å². The van der Waals surface area contributed by atoms with Gasteiger partial charge in [-0.2, -0.15) is 0 Å². The predicted octanol–water partition coefficient (Wildman–Crippen LogP) is 3.09. The van der Waals surface area contributed by atoms with E-state index in [0.29, 0.717) is 0 Å². The third-order valence-corrected chi connectivity index (χ3v) is 2.81. The normalized spacial score (nSPS) is 15.4. The smallest absolute Gasteiger partial charge is 0.0916 e. The molecule has 1 aromatic carbocycles. The molecule has 0 amide bonds. The predicted molar refractivity (Wildman–Crippen MR) is 54.4 cm³/mol. The fourth-order valence-electron chi connectivity index (χ4n) is 1.41. The van der Waals surface area contributed by atoms with Crippen molar-refractivity contribution in [3.8, 4) is 0 Å². The Hall–Kier alpha value is -0.820. The quantitative estimate of drug-likeness (QED) is 0.676. The highest BCUT2D eigenvalue weighted by Gasteiger charge is 2.23. The minimum atomic E-state index is -0.188. The molecular weight excluding hydrogens is 160 g/mol. The van der Waals surface area contributed by atoms with E-state index in [1.54, 1.807) is 0 Å². The molecule has 0 aromatic heterocycles. The second-order valence-electron chi connectivity index (χ2n) is 3.93. The van der Waals surface area contributed by atoms with Gasteiger partial charge in [0, 0.05) is 5.41 Å². The van der Waals surface area contributed by atoms with Gasteiger partial charge in [0.05, 0.1) is 6.61 Å². The maximum atomic E-state index is 11.1. The summed E-state index contributed by atoms with van der Waals surface area (Å²) in [5.41, 5.74) is 2.21. The van der Waals surface area contributed by atoms with Crippen molar-refractivity contribution in [1.29, 1.82) is 0 Å². The largest absolute Gasteiger partial charge is 0.236 e. The molecule has 1 nitrogen and oxygen atoms in total. The molecule has 1 atom stereocenters. The molecule has 0 aliphatic carbocycles. The van der Waals surface area contributed by atoms with Crippen LogP contribution in [0.5, 0.6) is 0 Å². The van der Waals surface area contributed by atoms with Gasteiger partial charge in [0.2, 0.25) is 0 Å². The van der Waals surface area contributed by atoms with Gasteiger partial charge in [0.15, 0.2) is 0 Å². The molecule has 0 saturated carbocycles. The zero-order valence-corrected chi connectivity index (χ0v) is 8.63. The van der Waals surface area contributed by atoms with E-state index in [-0.39, 0.29) is 12.0 Å². The summed E-state index contributed by atoms with van der Waals surface area (Å²) in [6, 6.07) is 8.24. The Labute approximate surface area is 80.4 Å². The average Bonchev–Trinajstić information content (AvgIpc) is 2.17. The number of hydrogen-bond donors (Lipinski definition) is 0. The van der Waals surface area contributed by atoms with Gasteiger partial charge < -0.3 is 0 Å². The number of aryl methyl sites for hydroxylation is 1. The first kappa shape index (κ1) is 10.3. The molecule has 1 unspecified atom stereocenters. The van der Waals surface area contributed by atoms with Crippen LogP contribution in [-0.2, 0) is 10.5 Å². The van der Waals surface area contributed by atoms with Gasteiger partial charge in [-0.3, -0.25) is 0 Å². The maximum Gasteiger partial charge on any atom is 0.0916 e. The van der Waals surface area contributed by atoms with Crippen LogP contribution in [-0.4, -0.2) is 6.61 Å². The Bertz CT molecular complexity index is 274. The summed E-state index contributed by atoms with van der Waals surface area (Å²) in [5, 5.41) is 11.1. The summed E-state index contributed by atoms with van der Waals surface area (Å²) in [6.07, 6.45) is 0.903. The molecule has 71 valence electrons. The van der Waals surface area contributed by atoms with Crippen LogP contribution in [0.25, 0.3) is 0 Å². The van der Waals surface area contributed by atoms with Crippen LogP contribution in [0.3, 0.4) is 0 Å². The third-order valence-electron chi connectivity index (χ3n) is 2.81. The summed E-state index contributed by atoms with van der Waals surface area (Å²) in [6.45, 7) is 6.13. The molecule has 0 spiro atoms. The van der Waals surface area contributed by atoms with Crippen LogP contribution in [0, 0.1) is 6.92 Å². The molecule has 0 bridgehead atoms. The lowest BCUT2D eigenvalue weighted by molar-refractivity contribution is 0.125. The van der Waals surface area contributed by atoms with E-state index in [4.69, 9.17) is 0 Å². The standard InChI is InChI=1S/C12H17O/c1-4-12(3,9-13)11-7-5-6-10(2)8-11/h5-8H,4,9H2,1-3H3. The lowest BCUT2D eigenvalue weighted by atomic mass is 9.80. The van der Waals surface area contributed by atoms with Crippen LogP contribution < -0.4 is 0 Å². The van der Waals surface area contributed by atoms with E-state index >= 15 is 0 Å². The van der Waals surface area contributed by atoms with Crippen LogP contribution in [0.1, 0.15) is 31.4 Å². The highest BCUT2D eigenvalue weighted by Crippen LogP contribution is 2.27. The monoisotopic (exact) mass is 177 g/mol. The SMILES string of the molecule is CCC(C)(C[O])c1cccc(C)c1. The van der Waals surface area contributed by atoms with Crippen molar-refractivity contribution in [2.45, 2.75) is 32.6 Å². The van der Waals surface area contributed by atoms with Crippen LogP contribution >= 0.6 is 0 Å². The fourth-order valence-corrected chi connectivity index (χ4v) is 1.41. The molecular formula is C12H17O. The fraction of sp³-hybridized carbons (Fsp3) is 0.500. The summed E-state index contributed by atoms with van der Waals surface area (Å²) in [5.74, 6) is 0. The lowest BCUT2D eigenvalue weighted by Crippen LogP contribution is -2.24. The van der Waals surface area contributed by atoms with Crippen LogP contribution in [0.4, 0.5) is 0 Å². The van der Waals surface area contributed by atoms with Gasteiger partial charge in [0.1, 0.15) is 0 Å². The molecule has 0 N–H and O–H groups in total. The van der Waals surface area contributed by atoms with Crippen molar-refractivity contribution in [2.75, 3.05) is 6.61 Å². The van der Waals surface area contributed by atoms with E-state index in [2.05, 4.69) is 32.0 Å². The van der Waals surface area contributed by atoms with Crippen molar-refractivity contribution in [2.24, 2.45) is 0 Å². The van der Waals surface area contributed by atoms with Crippen LogP contribution in [0.2, 0.25) is 0 Å². The number of hydrogen-bond acceptors (Lipinski definition) is 0. The Morgan fingerprint density at radius 3 is 2.54 bits per heavy atom. The van der Waals surface area contributed by atoms with E-state index in [0.717, 1.165) is 6.42 Å². The van der Waals surface area contributed by atoms with Gasteiger partial charge in [-0.1, -0.05) is 43.7 Å². The Morgan fingerprint density at radius 1 is 1.38 bits per heavy atom. The average molecular weight is 177 g/mol. The van der Waals surface area contributed by atoms with E-state index in [9.17, 15) is 5.11 Å². The molecule has 1 aromatic rings. The van der Waals surface area contributed by atoms with Crippen molar-refractivity contribution < 1.29 is 5.11 Å². The van der Waals surface area contributed by atoms with Gasteiger partial charge in [-0.05, 0) is 18.9 Å². The number of rotatable bonds is 3. The first-order valence-corrected chi connectivity index (χ1v) is 4.77. The van der Waals surface area contributed by atoms with Gasteiger partial charge in [-0.25, -0.2) is 5.11 Å². The second-order valence-corrected chi connectivity index (χ2v) is 3.93. The minimum absolute atomic E-state index is 0.0348. The zero-order valence-electron chi connectivity index (χ0n) is 8.63. The lowest BCUT2D eigenvalue weighted by Gasteiger charge is -2.25. The highest BCUT2D eigenvalue weighted by atomic mass is 16.3. The molecule has 1 rings (SSSR count). The van der Waals surface area contributed by atoms with Gasteiger partial charge in [-0.15, -0.1) is 0 Å². The first-order valence-electron chi connectivity index (χ1n) is 4.77. The highest BCUT2D eigenvalue weighted by molar-refractivity contribution is 5.28. The summed E-state index contributed by atoms with van der Waals surface area (Å²) < 4.78 is 0. The topological polar surface area (TPSA) is 19.9 Å². The van der Waals surface area contributed by atoms with Crippen molar-refractivity contribution in [1.82, 2.24) is 0 Å². The summed E-state index contributed by atoms with van der Waals surface area (Å²) in [4.78, 5) is 0. The zero-order chi connectivity index (χ0) is 9.90. The molecule has 0 aliphatic heterocycles. The molecule has 0 aliphatic rings. The minimum Gasteiger partial charge on any atom is -0.236 e. The summed E-state index contributed by atoms with van der Waals surface area (Å²) in [7, 11) is 0. The Morgan fingerprint density at radius 2 is 2.08 bits per heavy atom. The maximum absolute atomic E-state index is 11.1. The van der Waals surface area contributed by atoms with Crippen LogP contribution in [0.15, 0.2) is 24.3 Å². The van der Waals surface area contributed by atoms with Crippen molar-refractivity contribution in [3.63, 3.8) is 0 Å². The molecule has 13 heavy (non-hydrogen) atoms. The Balaban J connectivity index is 3.05. The van der Waals surface area contributed by atoms with E-state index in [1.807, 2.05) is 13.0 Å². The molecule has 0 saturated heterocycles. The third kappa shape index (κ3) is 2.10. The Kier molecular flexibility index (Phi) is 3.10. The van der Waals surface area contributed by atoms with E-state index in [1.165, 1.54) is 11.1 Å². The molecule has 0 fully saturated rings.